The van der Waals surface area contributed by atoms with E-state index in [1.165, 1.54) is 0 Å². The maximum absolute atomic E-state index is 12.3. The van der Waals surface area contributed by atoms with E-state index in [2.05, 4.69) is 0 Å². The highest BCUT2D eigenvalue weighted by Crippen LogP contribution is 2.23. The van der Waals surface area contributed by atoms with Crippen LogP contribution in [0.2, 0.25) is 0 Å². The second-order valence-electron chi connectivity index (χ2n) is 4.67. The van der Waals surface area contributed by atoms with Crippen molar-refractivity contribution in [3.8, 4) is 0 Å². The number of carboxylic acid groups (broad SMARTS) is 1. The second kappa shape index (κ2) is 7.10. The Bertz CT molecular complexity index is 611. The Balaban J connectivity index is 3.03. The molecule has 0 atom stereocenters. The first-order chi connectivity index (χ1) is 10.1. The van der Waals surface area contributed by atoms with Gasteiger partial charge in [-0.3, -0.25) is 4.79 Å². The molecule has 1 aromatic rings. The highest BCUT2D eigenvalue weighted by Gasteiger charge is 2.29. The minimum Gasteiger partial charge on any atom is -0.480 e. The first-order valence-electron chi connectivity index (χ1n) is 6.44. The van der Waals surface area contributed by atoms with Crippen LogP contribution >= 0.6 is 0 Å². The minimum absolute atomic E-state index is 0.0128. The molecular formula is C13H16F3NO4S. The van der Waals surface area contributed by atoms with Crippen molar-refractivity contribution >= 4 is 16.0 Å². The van der Waals surface area contributed by atoms with Crippen molar-refractivity contribution in [1.82, 2.24) is 4.31 Å². The molecule has 0 aliphatic carbocycles. The topological polar surface area (TPSA) is 74.7 Å². The van der Waals surface area contributed by atoms with E-state index in [1.54, 1.807) is 6.92 Å². The van der Waals surface area contributed by atoms with Crippen molar-refractivity contribution < 1.29 is 31.5 Å². The summed E-state index contributed by atoms with van der Waals surface area (Å²) in [6, 6.07) is 4.26. The molecule has 124 valence electrons. The number of halogens is 3. The Morgan fingerprint density at radius 1 is 1.23 bits per heavy atom. The van der Waals surface area contributed by atoms with Crippen LogP contribution in [0.4, 0.5) is 13.2 Å². The van der Waals surface area contributed by atoms with Crippen LogP contribution in [0.15, 0.2) is 29.2 Å². The summed E-state index contributed by atoms with van der Waals surface area (Å²) in [5, 5.41) is 8.76. The lowest BCUT2D eigenvalue weighted by Crippen LogP contribution is -2.36. The summed E-state index contributed by atoms with van der Waals surface area (Å²) in [6.07, 6.45) is -5.11. The van der Waals surface area contributed by atoms with Crippen molar-refractivity contribution in [2.75, 3.05) is 13.1 Å². The number of hydrogen-bond donors (Lipinski definition) is 1. The number of benzene rings is 1. The fourth-order valence-electron chi connectivity index (χ4n) is 1.84. The predicted octanol–water partition coefficient (Wildman–Crippen LogP) is 2.28. The van der Waals surface area contributed by atoms with Gasteiger partial charge in [-0.05, 0) is 24.1 Å². The van der Waals surface area contributed by atoms with Crippen LogP contribution in [-0.4, -0.2) is 43.1 Å². The monoisotopic (exact) mass is 339 g/mol. The third-order valence-corrected chi connectivity index (χ3v) is 4.61. The molecule has 0 aliphatic rings. The molecule has 0 fully saturated rings. The average molecular weight is 339 g/mol. The van der Waals surface area contributed by atoms with Gasteiger partial charge in [0.1, 0.15) is 6.54 Å². The van der Waals surface area contributed by atoms with Crippen LogP contribution in [0.25, 0.3) is 0 Å². The molecule has 0 saturated heterocycles. The minimum atomic E-state index is -4.38. The summed E-state index contributed by atoms with van der Waals surface area (Å²) in [6.45, 7) is 1.01. The zero-order chi connectivity index (χ0) is 17.0. The second-order valence-corrected chi connectivity index (χ2v) is 6.61. The van der Waals surface area contributed by atoms with Crippen LogP contribution < -0.4 is 0 Å². The van der Waals surface area contributed by atoms with Gasteiger partial charge in [0, 0.05) is 6.54 Å². The number of aliphatic carboxylic acids is 1. The fourth-order valence-corrected chi connectivity index (χ4v) is 3.33. The SMILES string of the molecule is CCCN(CC(=O)O)S(=O)(=O)c1ccc(CC(F)(F)F)cc1. The van der Waals surface area contributed by atoms with Crippen molar-refractivity contribution in [2.24, 2.45) is 0 Å². The molecule has 0 aliphatic heterocycles. The summed E-state index contributed by atoms with van der Waals surface area (Å²) in [5.41, 5.74) is -0.0632. The molecule has 0 bridgehead atoms. The largest absolute Gasteiger partial charge is 0.480 e. The van der Waals surface area contributed by atoms with E-state index >= 15 is 0 Å². The van der Waals surface area contributed by atoms with Gasteiger partial charge in [-0.1, -0.05) is 19.1 Å². The van der Waals surface area contributed by atoms with Crippen LogP contribution in [0.5, 0.6) is 0 Å². The first-order valence-corrected chi connectivity index (χ1v) is 7.88. The van der Waals surface area contributed by atoms with E-state index in [4.69, 9.17) is 5.11 Å². The van der Waals surface area contributed by atoms with Crippen LogP contribution in [0.1, 0.15) is 18.9 Å². The van der Waals surface area contributed by atoms with Crippen LogP contribution in [0, 0.1) is 0 Å². The number of nitrogens with zero attached hydrogens (tertiary/aromatic N) is 1. The van der Waals surface area contributed by atoms with E-state index in [0.717, 1.165) is 28.6 Å². The van der Waals surface area contributed by atoms with Gasteiger partial charge >= 0.3 is 12.1 Å². The number of carbonyl (C=O) groups is 1. The standard InChI is InChI=1S/C13H16F3NO4S/c1-2-7-17(9-12(18)19)22(20,21)11-5-3-10(4-6-11)8-13(14,15)16/h3-6H,2,7-9H2,1H3,(H,18,19). The van der Waals surface area contributed by atoms with Crippen molar-refractivity contribution in [1.29, 1.82) is 0 Å². The molecule has 5 nitrogen and oxygen atoms in total. The van der Waals surface area contributed by atoms with Gasteiger partial charge < -0.3 is 5.11 Å². The molecule has 22 heavy (non-hydrogen) atoms. The van der Waals surface area contributed by atoms with Crippen LogP contribution in [0.3, 0.4) is 0 Å². The van der Waals surface area contributed by atoms with Crippen molar-refractivity contribution in [3.05, 3.63) is 29.8 Å². The lowest BCUT2D eigenvalue weighted by molar-refractivity contribution is -0.137. The quantitative estimate of drug-likeness (QED) is 0.827. The highest BCUT2D eigenvalue weighted by atomic mass is 32.2. The highest BCUT2D eigenvalue weighted by molar-refractivity contribution is 7.89. The molecule has 0 amide bonds. The summed E-state index contributed by atoms with van der Waals surface area (Å²) >= 11 is 0. The van der Waals surface area contributed by atoms with Gasteiger partial charge in [-0.25, -0.2) is 8.42 Å². The number of sulfonamides is 1. The van der Waals surface area contributed by atoms with Gasteiger partial charge in [0.2, 0.25) is 10.0 Å². The Kier molecular flexibility index (Phi) is 5.95. The third-order valence-electron chi connectivity index (χ3n) is 2.75. The summed E-state index contributed by atoms with van der Waals surface area (Å²) in [5.74, 6) is -1.30. The van der Waals surface area contributed by atoms with E-state index in [9.17, 15) is 26.4 Å². The Morgan fingerprint density at radius 2 is 1.77 bits per heavy atom. The maximum atomic E-state index is 12.3. The number of rotatable bonds is 7. The molecule has 1 aromatic carbocycles. The summed E-state index contributed by atoms with van der Waals surface area (Å²) in [4.78, 5) is 10.5. The normalized spacial score (nSPS) is 12.6. The molecule has 1 N–H and O–H groups in total. The lowest BCUT2D eigenvalue weighted by atomic mass is 10.1. The number of carboxylic acids is 1. The molecule has 0 aromatic heterocycles. The predicted molar refractivity (Wildman–Crippen MR) is 72.9 cm³/mol. The van der Waals surface area contributed by atoms with E-state index < -0.39 is 35.1 Å². The Labute approximate surface area is 126 Å². The van der Waals surface area contributed by atoms with Gasteiger partial charge in [0.05, 0.1) is 11.3 Å². The van der Waals surface area contributed by atoms with Crippen molar-refractivity contribution in [3.63, 3.8) is 0 Å². The Hall–Kier alpha value is -1.61. The third kappa shape index (κ3) is 5.30. The molecular weight excluding hydrogens is 323 g/mol. The van der Waals surface area contributed by atoms with Gasteiger partial charge in [0.15, 0.2) is 0 Å². The van der Waals surface area contributed by atoms with Crippen molar-refractivity contribution in [2.45, 2.75) is 30.8 Å². The Morgan fingerprint density at radius 3 is 2.18 bits per heavy atom. The molecule has 1 rings (SSSR count). The van der Waals surface area contributed by atoms with E-state index in [1.807, 2.05) is 0 Å². The molecule has 0 heterocycles. The summed E-state index contributed by atoms with van der Waals surface area (Å²) in [7, 11) is -4.05. The maximum Gasteiger partial charge on any atom is 0.393 e. The van der Waals surface area contributed by atoms with Gasteiger partial charge in [-0.2, -0.15) is 17.5 Å². The molecule has 9 heteroatoms. The molecule has 0 spiro atoms. The van der Waals surface area contributed by atoms with Gasteiger partial charge in [-0.15, -0.1) is 0 Å². The van der Waals surface area contributed by atoms with Crippen LogP contribution in [-0.2, 0) is 21.2 Å². The lowest BCUT2D eigenvalue weighted by Gasteiger charge is -2.19. The summed E-state index contributed by atoms with van der Waals surface area (Å²) < 4.78 is 62.1. The van der Waals surface area contributed by atoms with Gasteiger partial charge in [0.25, 0.3) is 0 Å². The molecule has 0 unspecified atom stereocenters. The number of hydrogen-bond acceptors (Lipinski definition) is 3. The van der Waals surface area contributed by atoms with E-state index in [-0.39, 0.29) is 17.0 Å². The number of alkyl halides is 3. The zero-order valence-electron chi connectivity index (χ0n) is 11.8. The van der Waals surface area contributed by atoms with E-state index in [0.29, 0.717) is 6.42 Å². The zero-order valence-corrected chi connectivity index (χ0v) is 12.6. The fraction of sp³-hybridized carbons (Fsp3) is 0.462. The smallest absolute Gasteiger partial charge is 0.393 e. The first kappa shape index (κ1) is 18.4. The molecule has 0 saturated carbocycles. The molecule has 0 radical (unpaired) electrons. The average Bonchev–Trinajstić information content (AvgIpc) is 2.36.